The molecule has 170 valence electrons. The Bertz CT molecular complexity index is 1200. The fourth-order valence-corrected chi connectivity index (χ4v) is 4.30. The molecular formula is C25H28N6OS. The summed E-state index contributed by atoms with van der Waals surface area (Å²) in [5.41, 5.74) is 4.11. The molecule has 1 aliphatic carbocycles. The van der Waals surface area contributed by atoms with Crippen molar-refractivity contribution < 1.29 is 4.79 Å². The van der Waals surface area contributed by atoms with Crippen LogP contribution in [0.3, 0.4) is 0 Å². The van der Waals surface area contributed by atoms with Crippen molar-refractivity contribution in [2.75, 3.05) is 10.6 Å². The highest BCUT2D eigenvalue weighted by molar-refractivity contribution is 7.81. The van der Waals surface area contributed by atoms with Gasteiger partial charge in [0, 0.05) is 43.8 Å². The van der Waals surface area contributed by atoms with Crippen LogP contribution in [-0.4, -0.2) is 25.5 Å². The van der Waals surface area contributed by atoms with Gasteiger partial charge in [-0.1, -0.05) is 44.3 Å². The summed E-state index contributed by atoms with van der Waals surface area (Å²) in [7, 11) is 1.87. The van der Waals surface area contributed by atoms with Crippen LogP contribution in [-0.2, 0) is 18.4 Å². The number of allylic oxidation sites excluding steroid dienone is 1. The lowest BCUT2D eigenvalue weighted by Crippen LogP contribution is -2.35. The third-order valence-corrected chi connectivity index (χ3v) is 5.75. The molecule has 1 aromatic carbocycles. The first kappa shape index (κ1) is 22.7. The second-order valence-electron chi connectivity index (χ2n) is 9.05. The number of anilines is 3. The van der Waals surface area contributed by atoms with E-state index in [1.807, 2.05) is 55.7 Å². The van der Waals surface area contributed by atoms with E-state index in [1.54, 1.807) is 17.1 Å². The predicted octanol–water partition coefficient (Wildman–Crippen LogP) is 4.73. The van der Waals surface area contributed by atoms with E-state index >= 15 is 0 Å². The molecule has 0 aliphatic heterocycles. The smallest absolute Gasteiger partial charge is 0.168 e. The molecule has 0 bridgehead atoms. The first-order valence-corrected chi connectivity index (χ1v) is 11.3. The van der Waals surface area contributed by atoms with Gasteiger partial charge < -0.3 is 16.0 Å². The summed E-state index contributed by atoms with van der Waals surface area (Å²) in [6, 6.07) is 13.6. The maximum absolute atomic E-state index is 13.1. The number of pyridine rings is 1. The van der Waals surface area contributed by atoms with Crippen LogP contribution in [0.2, 0.25) is 0 Å². The number of carbonyl (C=O) groups excluding carboxylic acids is 1. The summed E-state index contributed by atoms with van der Waals surface area (Å²) < 4.78 is 1.73. The van der Waals surface area contributed by atoms with Crippen LogP contribution in [0.15, 0.2) is 72.3 Å². The topological polar surface area (TPSA) is 83.9 Å². The largest absolute Gasteiger partial charge is 0.384 e. The Balaban J connectivity index is 1.53. The summed E-state index contributed by atoms with van der Waals surface area (Å²) in [6.45, 7) is 4.78. The molecule has 33 heavy (non-hydrogen) atoms. The SMILES string of the molecule is Cn1cc(Nc2cc(CNC3=C(C(=S)Nc4ccccc4)C(=O)CC(C)(C)C3)ccn2)cn1. The normalized spacial score (nSPS) is 15.3. The van der Waals surface area contributed by atoms with Gasteiger partial charge in [0.25, 0.3) is 0 Å². The lowest BCUT2D eigenvalue weighted by atomic mass is 9.75. The number of nitrogens with zero attached hydrogens (tertiary/aromatic N) is 3. The van der Waals surface area contributed by atoms with Crippen LogP contribution in [0.25, 0.3) is 0 Å². The van der Waals surface area contributed by atoms with Gasteiger partial charge in [0.05, 0.1) is 17.5 Å². The van der Waals surface area contributed by atoms with Crippen molar-refractivity contribution in [3.63, 3.8) is 0 Å². The second kappa shape index (κ2) is 9.54. The minimum absolute atomic E-state index is 0.0656. The average Bonchev–Trinajstić information content (AvgIpc) is 3.16. The molecule has 7 nitrogen and oxygen atoms in total. The van der Waals surface area contributed by atoms with Crippen molar-refractivity contribution >= 4 is 40.2 Å². The number of ketones is 1. The quantitative estimate of drug-likeness (QED) is 0.440. The van der Waals surface area contributed by atoms with Crippen LogP contribution in [0.1, 0.15) is 32.3 Å². The predicted molar refractivity (Wildman–Crippen MR) is 135 cm³/mol. The zero-order valence-corrected chi connectivity index (χ0v) is 19.9. The molecule has 2 heterocycles. The Morgan fingerprint density at radius 3 is 2.67 bits per heavy atom. The molecule has 3 aromatic rings. The Labute approximate surface area is 199 Å². The first-order chi connectivity index (χ1) is 15.8. The van der Waals surface area contributed by atoms with Gasteiger partial charge >= 0.3 is 0 Å². The summed E-state index contributed by atoms with van der Waals surface area (Å²) in [5, 5.41) is 14.1. The van der Waals surface area contributed by atoms with Crippen LogP contribution >= 0.6 is 12.2 Å². The van der Waals surface area contributed by atoms with E-state index in [-0.39, 0.29) is 11.2 Å². The number of hydrogen-bond donors (Lipinski definition) is 3. The molecule has 0 unspecified atom stereocenters. The van der Waals surface area contributed by atoms with E-state index in [0.717, 1.165) is 34.9 Å². The molecule has 0 radical (unpaired) electrons. The van der Waals surface area contributed by atoms with E-state index in [4.69, 9.17) is 12.2 Å². The van der Waals surface area contributed by atoms with Crippen LogP contribution in [0, 0.1) is 5.41 Å². The number of para-hydroxylation sites is 1. The fourth-order valence-electron chi connectivity index (χ4n) is 3.95. The minimum Gasteiger partial charge on any atom is -0.384 e. The Kier molecular flexibility index (Phi) is 6.55. The third kappa shape index (κ3) is 5.84. The number of Topliss-reactive ketones (excluding diaryl/α,β-unsaturated/α-hetero) is 1. The van der Waals surface area contributed by atoms with Gasteiger partial charge in [-0.3, -0.25) is 9.48 Å². The molecule has 0 saturated carbocycles. The molecule has 2 aromatic heterocycles. The molecule has 3 N–H and O–H groups in total. The number of nitrogens with one attached hydrogen (secondary N) is 3. The Morgan fingerprint density at radius 2 is 1.94 bits per heavy atom. The van der Waals surface area contributed by atoms with Crippen molar-refractivity contribution in [2.24, 2.45) is 12.5 Å². The fraction of sp³-hybridized carbons (Fsp3) is 0.280. The summed E-state index contributed by atoms with van der Waals surface area (Å²) in [5.74, 6) is 0.800. The number of carbonyl (C=O) groups is 1. The molecule has 0 atom stereocenters. The Morgan fingerprint density at radius 1 is 1.15 bits per heavy atom. The van der Waals surface area contributed by atoms with Crippen molar-refractivity contribution in [3.05, 3.63) is 77.9 Å². The van der Waals surface area contributed by atoms with Gasteiger partial charge in [-0.2, -0.15) is 5.10 Å². The van der Waals surface area contributed by atoms with Gasteiger partial charge in [-0.25, -0.2) is 4.98 Å². The summed E-state index contributed by atoms with van der Waals surface area (Å²) in [6.07, 6.45) is 6.62. The van der Waals surface area contributed by atoms with E-state index in [0.29, 0.717) is 23.5 Å². The van der Waals surface area contributed by atoms with Gasteiger partial charge in [0.1, 0.15) is 10.8 Å². The van der Waals surface area contributed by atoms with Gasteiger partial charge in [0.2, 0.25) is 0 Å². The van der Waals surface area contributed by atoms with Crippen molar-refractivity contribution in [1.82, 2.24) is 20.1 Å². The van der Waals surface area contributed by atoms with Crippen molar-refractivity contribution in [2.45, 2.75) is 33.2 Å². The number of aryl methyl sites for hydroxylation is 1. The number of rotatable bonds is 7. The highest BCUT2D eigenvalue weighted by Crippen LogP contribution is 2.36. The van der Waals surface area contributed by atoms with E-state index < -0.39 is 0 Å². The van der Waals surface area contributed by atoms with Gasteiger partial charge in [0.15, 0.2) is 5.78 Å². The van der Waals surface area contributed by atoms with Gasteiger partial charge in [-0.05, 0) is 41.7 Å². The van der Waals surface area contributed by atoms with Crippen molar-refractivity contribution in [1.29, 1.82) is 0 Å². The number of aromatic nitrogens is 3. The standard InChI is InChI=1S/C25H28N6OS/c1-25(2)12-20(23(21(32)13-25)24(33)30-18-7-5-4-6-8-18)27-14-17-9-10-26-22(11-17)29-19-15-28-31(3)16-19/h4-11,15-16,27H,12-14H2,1-3H3,(H,26,29)(H,30,33). The monoisotopic (exact) mass is 460 g/mol. The van der Waals surface area contributed by atoms with Crippen LogP contribution < -0.4 is 16.0 Å². The molecule has 8 heteroatoms. The van der Waals surface area contributed by atoms with E-state index in [1.165, 1.54) is 0 Å². The van der Waals surface area contributed by atoms with E-state index in [2.05, 4.69) is 39.9 Å². The Hall–Kier alpha value is -3.52. The molecular weight excluding hydrogens is 432 g/mol. The highest BCUT2D eigenvalue weighted by atomic mass is 32.1. The highest BCUT2D eigenvalue weighted by Gasteiger charge is 2.34. The number of thiocarbonyl (C=S) groups is 1. The number of hydrogen-bond acceptors (Lipinski definition) is 6. The van der Waals surface area contributed by atoms with Crippen molar-refractivity contribution in [3.8, 4) is 0 Å². The first-order valence-electron chi connectivity index (χ1n) is 10.9. The lowest BCUT2D eigenvalue weighted by molar-refractivity contribution is -0.117. The maximum atomic E-state index is 13.1. The average molecular weight is 461 g/mol. The third-order valence-electron chi connectivity index (χ3n) is 5.44. The molecule has 0 spiro atoms. The molecule has 0 amide bonds. The molecule has 0 saturated heterocycles. The van der Waals surface area contributed by atoms with Crippen LogP contribution in [0.4, 0.5) is 17.2 Å². The zero-order valence-electron chi connectivity index (χ0n) is 19.1. The molecule has 4 rings (SSSR count). The minimum atomic E-state index is -0.128. The second-order valence-corrected chi connectivity index (χ2v) is 9.45. The van der Waals surface area contributed by atoms with E-state index in [9.17, 15) is 4.79 Å². The summed E-state index contributed by atoms with van der Waals surface area (Å²) >= 11 is 5.65. The number of benzene rings is 1. The summed E-state index contributed by atoms with van der Waals surface area (Å²) in [4.78, 5) is 17.9. The van der Waals surface area contributed by atoms with Crippen LogP contribution in [0.5, 0.6) is 0 Å². The molecule has 1 aliphatic rings. The van der Waals surface area contributed by atoms with Gasteiger partial charge in [-0.15, -0.1) is 0 Å². The zero-order chi connectivity index (χ0) is 23.4. The lowest BCUT2D eigenvalue weighted by Gasteiger charge is -2.33. The maximum Gasteiger partial charge on any atom is 0.168 e. The molecule has 0 fully saturated rings.